The Balaban J connectivity index is 1.98. The van der Waals surface area contributed by atoms with Crippen molar-refractivity contribution >= 4 is 25.2 Å². The van der Waals surface area contributed by atoms with E-state index in [0.717, 1.165) is 30.3 Å². The first-order valence-corrected chi connectivity index (χ1v) is 10.5. The van der Waals surface area contributed by atoms with Crippen LogP contribution in [-0.2, 0) is 28.9 Å². The van der Waals surface area contributed by atoms with E-state index >= 15 is 0 Å². The Hall–Kier alpha value is -2.66. The SMILES string of the molecule is CCc1cc(F)ccc1C(O)OB(OB(O)c1ccc(F)cc1CO)c1ccc(F)cc1CO. The molecule has 3 aromatic carbocycles. The minimum atomic E-state index is -1.75. The van der Waals surface area contributed by atoms with Gasteiger partial charge in [-0.2, -0.15) is 0 Å². The second-order valence-corrected chi connectivity index (χ2v) is 7.51. The van der Waals surface area contributed by atoms with Crippen LogP contribution in [-0.4, -0.2) is 34.6 Å². The van der Waals surface area contributed by atoms with E-state index in [4.69, 9.17) is 9.23 Å². The molecule has 11 heteroatoms. The van der Waals surface area contributed by atoms with Crippen LogP contribution in [0.3, 0.4) is 0 Å². The molecule has 0 radical (unpaired) electrons. The molecule has 0 bridgehead atoms. The Morgan fingerprint density at radius 3 is 1.85 bits per heavy atom. The maximum atomic E-state index is 13.7. The van der Waals surface area contributed by atoms with Crippen LogP contribution in [0.2, 0.25) is 0 Å². The molecule has 4 N–H and O–H groups in total. The normalized spacial score (nSPS) is 12.0. The fourth-order valence-electron chi connectivity index (χ4n) is 3.57. The second-order valence-electron chi connectivity index (χ2n) is 7.51. The highest BCUT2D eigenvalue weighted by atomic mass is 19.1. The van der Waals surface area contributed by atoms with Crippen LogP contribution in [0.25, 0.3) is 0 Å². The molecule has 1 unspecified atom stereocenters. The summed E-state index contributed by atoms with van der Waals surface area (Å²) in [6.07, 6.45) is -1.26. The van der Waals surface area contributed by atoms with Gasteiger partial charge in [0.25, 0.3) is 0 Å². The molecule has 0 aliphatic carbocycles. The lowest BCUT2D eigenvalue weighted by Gasteiger charge is -2.24. The van der Waals surface area contributed by atoms with Crippen LogP contribution in [0.5, 0.6) is 0 Å². The summed E-state index contributed by atoms with van der Waals surface area (Å²) in [5.74, 6) is -1.77. The smallest absolute Gasteiger partial charge is 0.443 e. The highest BCUT2D eigenvalue weighted by molar-refractivity contribution is 6.74. The summed E-state index contributed by atoms with van der Waals surface area (Å²) in [5.41, 5.74) is 0.984. The van der Waals surface area contributed by atoms with Gasteiger partial charge in [0.15, 0.2) is 6.29 Å². The lowest BCUT2D eigenvalue weighted by Crippen LogP contribution is -2.49. The molecule has 1 atom stereocenters. The summed E-state index contributed by atoms with van der Waals surface area (Å²) in [7, 11) is -3.30. The van der Waals surface area contributed by atoms with Gasteiger partial charge in [0.05, 0.1) is 13.2 Å². The number of hydrogen-bond donors (Lipinski definition) is 4. The standard InChI is InChI=1S/C23H23B2F3O6/c1-2-14-9-17(26)3-6-20(14)23(31)33-25(22-8-5-19(28)11-16(22)13-30)34-24(32)21-7-4-18(27)10-15(21)12-29/h3-11,23,29-32H,2,12-13H2,1H3. The van der Waals surface area contributed by atoms with Crippen molar-refractivity contribution in [2.45, 2.75) is 32.8 Å². The summed E-state index contributed by atoms with van der Waals surface area (Å²) in [6, 6.07) is 10.4. The quantitative estimate of drug-likeness (QED) is 0.263. The first-order chi connectivity index (χ1) is 16.3. The highest BCUT2D eigenvalue weighted by Gasteiger charge is 2.34. The van der Waals surface area contributed by atoms with Crippen LogP contribution < -0.4 is 10.9 Å². The number of hydrogen-bond acceptors (Lipinski definition) is 6. The molecule has 3 rings (SSSR count). The Morgan fingerprint density at radius 1 is 0.794 bits per heavy atom. The van der Waals surface area contributed by atoms with Crippen molar-refractivity contribution in [3.63, 3.8) is 0 Å². The lowest BCUT2D eigenvalue weighted by atomic mass is 9.68. The topological polar surface area (TPSA) is 99.4 Å². The maximum Gasteiger partial charge on any atom is 0.482 e. The average molecular weight is 474 g/mol. The van der Waals surface area contributed by atoms with Crippen molar-refractivity contribution in [2.24, 2.45) is 0 Å². The molecule has 178 valence electrons. The molecule has 0 saturated heterocycles. The van der Waals surface area contributed by atoms with Gasteiger partial charge in [-0.25, -0.2) is 13.2 Å². The number of rotatable bonds is 10. The number of aryl methyl sites for hydroxylation is 1. The van der Waals surface area contributed by atoms with E-state index in [1.165, 1.54) is 24.3 Å². The molecular weight excluding hydrogens is 451 g/mol. The van der Waals surface area contributed by atoms with Gasteiger partial charge in [0, 0.05) is 5.56 Å². The van der Waals surface area contributed by atoms with Gasteiger partial charge in [-0.15, -0.1) is 0 Å². The zero-order chi connectivity index (χ0) is 24.8. The van der Waals surface area contributed by atoms with Crippen molar-refractivity contribution < 1.29 is 42.7 Å². The zero-order valence-corrected chi connectivity index (χ0v) is 18.3. The third kappa shape index (κ3) is 6.06. The summed E-state index contributed by atoms with van der Waals surface area (Å²) < 4.78 is 52.2. The highest BCUT2D eigenvalue weighted by Crippen LogP contribution is 2.22. The molecule has 34 heavy (non-hydrogen) atoms. The molecule has 0 spiro atoms. The van der Waals surface area contributed by atoms with Crippen molar-refractivity contribution in [2.75, 3.05) is 0 Å². The Labute approximate surface area is 195 Å². The monoisotopic (exact) mass is 474 g/mol. The third-order valence-electron chi connectivity index (χ3n) is 5.33. The maximum absolute atomic E-state index is 13.7. The molecule has 0 aliphatic rings. The zero-order valence-electron chi connectivity index (χ0n) is 18.3. The molecule has 0 heterocycles. The molecule has 0 saturated carbocycles. The molecule has 0 fully saturated rings. The van der Waals surface area contributed by atoms with E-state index in [2.05, 4.69) is 0 Å². The van der Waals surface area contributed by atoms with Crippen molar-refractivity contribution in [1.29, 1.82) is 0 Å². The lowest BCUT2D eigenvalue weighted by molar-refractivity contribution is -0.0315. The average Bonchev–Trinajstić information content (AvgIpc) is 2.82. The van der Waals surface area contributed by atoms with E-state index in [1.807, 2.05) is 0 Å². The summed E-state index contributed by atoms with van der Waals surface area (Å²) in [5, 5.41) is 40.7. The minimum absolute atomic E-state index is 0.0377. The fraction of sp³-hybridized carbons (Fsp3) is 0.217. The number of aliphatic hydroxyl groups excluding tert-OH is 3. The van der Waals surface area contributed by atoms with Crippen molar-refractivity contribution in [3.8, 4) is 0 Å². The van der Waals surface area contributed by atoms with Gasteiger partial charge in [-0.05, 0) is 70.4 Å². The van der Waals surface area contributed by atoms with E-state index < -0.39 is 51.2 Å². The molecule has 6 nitrogen and oxygen atoms in total. The fourth-order valence-corrected chi connectivity index (χ4v) is 3.57. The minimum Gasteiger partial charge on any atom is -0.443 e. The van der Waals surface area contributed by atoms with E-state index in [-0.39, 0.29) is 27.6 Å². The first kappa shape index (κ1) is 26.0. The van der Waals surface area contributed by atoms with E-state index in [0.29, 0.717) is 12.0 Å². The molecule has 0 amide bonds. The van der Waals surface area contributed by atoms with Crippen molar-refractivity contribution in [3.05, 3.63) is 94.3 Å². The molecule has 0 aliphatic heterocycles. The third-order valence-corrected chi connectivity index (χ3v) is 5.33. The van der Waals surface area contributed by atoms with Crippen molar-refractivity contribution in [1.82, 2.24) is 0 Å². The summed E-state index contributed by atoms with van der Waals surface area (Å²) in [6.45, 7) is 0.574. The second kappa shape index (κ2) is 11.7. The van der Waals surface area contributed by atoms with Gasteiger partial charge < -0.3 is 29.6 Å². The van der Waals surface area contributed by atoms with Crippen LogP contribution in [0.15, 0.2) is 54.6 Å². The summed E-state index contributed by atoms with van der Waals surface area (Å²) >= 11 is 0. The predicted molar refractivity (Wildman–Crippen MR) is 121 cm³/mol. The molecule has 3 aromatic rings. The Kier molecular flexibility index (Phi) is 8.90. The van der Waals surface area contributed by atoms with Gasteiger partial charge in [-0.1, -0.05) is 25.1 Å². The molecule has 0 aromatic heterocycles. The van der Waals surface area contributed by atoms with Crippen LogP contribution in [0.4, 0.5) is 13.2 Å². The predicted octanol–water partition coefficient (Wildman–Crippen LogP) is 1.46. The van der Waals surface area contributed by atoms with Crippen LogP contribution >= 0.6 is 0 Å². The largest absolute Gasteiger partial charge is 0.482 e. The van der Waals surface area contributed by atoms with Crippen LogP contribution in [0.1, 0.15) is 35.5 Å². The van der Waals surface area contributed by atoms with Crippen LogP contribution in [0, 0.1) is 17.5 Å². The van der Waals surface area contributed by atoms with Gasteiger partial charge in [-0.3, -0.25) is 0 Å². The van der Waals surface area contributed by atoms with E-state index in [9.17, 15) is 33.5 Å². The van der Waals surface area contributed by atoms with Gasteiger partial charge in [0.1, 0.15) is 17.5 Å². The number of halogens is 3. The Morgan fingerprint density at radius 2 is 1.29 bits per heavy atom. The van der Waals surface area contributed by atoms with Gasteiger partial charge >= 0.3 is 14.2 Å². The number of aliphatic hydroxyl groups is 3. The first-order valence-electron chi connectivity index (χ1n) is 10.5. The molecular formula is C23H23B2F3O6. The van der Waals surface area contributed by atoms with E-state index in [1.54, 1.807) is 6.92 Å². The van der Waals surface area contributed by atoms with Gasteiger partial charge in [0.2, 0.25) is 0 Å². The number of benzene rings is 3. The Bertz CT molecular complexity index is 1070. The summed E-state index contributed by atoms with van der Waals surface area (Å²) in [4.78, 5) is 0.